The fourth-order valence-electron chi connectivity index (χ4n) is 2.03. The van der Waals surface area contributed by atoms with Gasteiger partial charge in [0.2, 0.25) is 0 Å². The van der Waals surface area contributed by atoms with Crippen molar-refractivity contribution in [2.75, 3.05) is 7.11 Å². The summed E-state index contributed by atoms with van der Waals surface area (Å²) in [4.78, 5) is 16.4. The maximum atomic E-state index is 12.4. The predicted octanol–water partition coefficient (Wildman–Crippen LogP) is 3.39. The minimum atomic E-state index is -0.185. The highest BCUT2D eigenvalue weighted by molar-refractivity contribution is 6.01. The first-order valence-electron chi connectivity index (χ1n) is 6.22. The number of benzene rings is 1. The second-order valence-electron chi connectivity index (χ2n) is 4.55. The van der Waals surface area contributed by atoms with Crippen LogP contribution >= 0.6 is 0 Å². The summed E-state index contributed by atoms with van der Waals surface area (Å²) in [5.74, 6) is 0.646. The molecule has 19 heavy (non-hydrogen) atoms. The lowest BCUT2D eigenvalue weighted by molar-refractivity contribution is 0.0965. The first-order valence-corrected chi connectivity index (χ1v) is 6.22. The lowest BCUT2D eigenvalue weighted by Crippen LogP contribution is -2.10. The summed E-state index contributed by atoms with van der Waals surface area (Å²) in [5, 5.41) is 0. The van der Waals surface area contributed by atoms with E-state index in [1.807, 2.05) is 38.1 Å². The second kappa shape index (κ2) is 5.65. The van der Waals surface area contributed by atoms with Crippen LogP contribution in [0.15, 0.2) is 42.7 Å². The Kier molecular flexibility index (Phi) is 3.95. The molecule has 0 saturated carbocycles. The summed E-state index contributed by atoms with van der Waals surface area (Å²) >= 11 is 0. The Balaban J connectivity index is 2.29. The lowest BCUT2D eigenvalue weighted by atomic mass is 9.92. The van der Waals surface area contributed by atoms with E-state index in [-0.39, 0.29) is 11.7 Å². The molecule has 0 N–H and O–H groups in total. The highest BCUT2D eigenvalue weighted by Crippen LogP contribution is 2.24. The van der Waals surface area contributed by atoms with Crippen LogP contribution in [0.3, 0.4) is 0 Å². The smallest absolute Gasteiger partial charge is 0.170 e. The average Bonchev–Trinajstić information content (AvgIpc) is 2.47. The summed E-state index contributed by atoms with van der Waals surface area (Å²) in [6, 6.07) is 9.29. The molecular formula is C16H17NO2. The summed E-state index contributed by atoms with van der Waals surface area (Å²) in [6.45, 7) is 3.86. The third-order valence-corrected chi connectivity index (χ3v) is 3.29. The molecule has 1 heterocycles. The molecule has 2 rings (SSSR count). The van der Waals surface area contributed by atoms with Gasteiger partial charge in [0.05, 0.1) is 7.11 Å². The quantitative estimate of drug-likeness (QED) is 0.786. The molecule has 0 bridgehead atoms. The van der Waals surface area contributed by atoms with Gasteiger partial charge in [-0.25, -0.2) is 0 Å². The van der Waals surface area contributed by atoms with Crippen molar-refractivity contribution in [1.82, 2.24) is 4.98 Å². The zero-order valence-electron chi connectivity index (χ0n) is 11.4. The Morgan fingerprint density at radius 1 is 1.21 bits per heavy atom. The second-order valence-corrected chi connectivity index (χ2v) is 4.55. The standard InChI is InChI=1S/C16H17NO2/c1-11-4-5-14(10-15(11)19-3)16(18)12(2)13-6-8-17-9-7-13/h4-10,12H,1-3H3. The van der Waals surface area contributed by atoms with Crippen LogP contribution in [0.2, 0.25) is 0 Å². The van der Waals surface area contributed by atoms with Crippen LogP contribution in [0.4, 0.5) is 0 Å². The molecule has 1 aromatic heterocycles. The maximum absolute atomic E-state index is 12.4. The number of hydrogen-bond acceptors (Lipinski definition) is 3. The third-order valence-electron chi connectivity index (χ3n) is 3.29. The largest absolute Gasteiger partial charge is 0.496 e. The number of aryl methyl sites for hydroxylation is 1. The van der Waals surface area contributed by atoms with Crippen LogP contribution in [0.5, 0.6) is 5.75 Å². The van der Waals surface area contributed by atoms with Crippen LogP contribution in [0.25, 0.3) is 0 Å². The van der Waals surface area contributed by atoms with Gasteiger partial charge in [-0.15, -0.1) is 0 Å². The van der Waals surface area contributed by atoms with E-state index in [1.165, 1.54) is 0 Å². The van der Waals surface area contributed by atoms with Gasteiger partial charge in [0.15, 0.2) is 5.78 Å². The number of pyridine rings is 1. The predicted molar refractivity (Wildman–Crippen MR) is 74.7 cm³/mol. The van der Waals surface area contributed by atoms with Crippen LogP contribution in [-0.4, -0.2) is 17.9 Å². The number of ether oxygens (including phenoxy) is 1. The Bertz CT molecular complexity index is 579. The molecule has 98 valence electrons. The van der Waals surface area contributed by atoms with Crippen molar-refractivity contribution in [2.24, 2.45) is 0 Å². The normalized spacial score (nSPS) is 11.9. The maximum Gasteiger partial charge on any atom is 0.170 e. The monoisotopic (exact) mass is 255 g/mol. The van der Waals surface area contributed by atoms with E-state index in [0.717, 1.165) is 16.9 Å². The molecule has 0 fully saturated rings. The van der Waals surface area contributed by atoms with Gasteiger partial charge in [0.1, 0.15) is 5.75 Å². The first-order chi connectivity index (χ1) is 9.13. The van der Waals surface area contributed by atoms with E-state index >= 15 is 0 Å². The topological polar surface area (TPSA) is 39.2 Å². The molecule has 3 nitrogen and oxygen atoms in total. The van der Waals surface area contributed by atoms with Crippen molar-refractivity contribution in [3.05, 3.63) is 59.4 Å². The molecule has 3 heteroatoms. The van der Waals surface area contributed by atoms with Gasteiger partial charge in [-0.05, 0) is 36.2 Å². The molecule has 0 aliphatic rings. The molecule has 0 aliphatic heterocycles. The molecule has 0 saturated heterocycles. The van der Waals surface area contributed by atoms with Crippen LogP contribution < -0.4 is 4.74 Å². The van der Waals surface area contributed by atoms with Crippen molar-refractivity contribution < 1.29 is 9.53 Å². The van der Waals surface area contributed by atoms with Crippen molar-refractivity contribution in [1.29, 1.82) is 0 Å². The van der Waals surface area contributed by atoms with Gasteiger partial charge in [0, 0.05) is 23.9 Å². The van der Waals surface area contributed by atoms with Crippen molar-refractivity contribution in [2.45, 2.75) is 19.8 Å². The van der Waals surface area contributed by atoms with Crippen molar-refractivity contribution in [3.8, 4) is 5.75 Å². The SMILES string of the molecule is COc1cc(C(=O)C(C)c2ccncc2)ccc1C. The molecule has 0 radical (unpaired) electrons. The molecule has 1 atom stereocenters. The molecule has 0 spiro atoms. The Morgan fingerprint density at radius 3 is 2.53 bits per heavy atom. The number of carbonyl (C=O) groups is 1. The van der Waals surface area contributed by atoms with Gasteiger partial charge in [0.25, 0.3) is 0 Å². The molecule has 0 amide bonds. The average molecular weight is 255 g/mol. The molecule has 1 aromatic carbocycles. The van der Waals surface area contributed by atoms with E-state index in [9.17, 15) is 4.79 Å². The molecule has 2 aromatic rings. The Labute approximate surface area is 113 Å². The number of rotatable bonds is 4. The van der Waals surface area contributed by atoms with Crippen LogP contribution in [-0.2, 0) is 0 Å². The van der Waals surface area contributed by atoms with E-state index < -0.39 is 0 Å². The fraction of sp³-hybridized carbons (Fsp3) is 0.250. The molecule has 1 unspecified atom stereocenters. The van der Waals surface area contributed by atoms with E-state index in [4.69, 9.17) is 4.74 Å². The Morgan fingerprint density at radius 2 is 1.89 bits per heavy atom. The zero-order valence-corrected chi connectivity index (χ0v) is 11.4. The lowest BCUT2D eigenvalue weighted by Gasteiger charge is -2.12. The minimum absolute atomic E-state index is 0.0875. The first kappa shape index (κ1) is 13.3. The molecular weight excluding hydrogens is 238 g/mol. The van der Waals surface area contributed by atoms with Crippen molar-refractivity contribution in [3.63, 3.8) is 0 Å². The summed E-state index contributed by atoms with van der Waals surface area (Å²) in [5.41, 5.74) is 2.67. The number of Topliss-reactive ketones (excluding diaryl/α,β-unsaturated/α-hetero) is 1. The van der Waals surface area contributed by atoms with Crippen LogP contribution in [0.1, 0.15) is 34.3 Å². The van der Waals surface area contributed by atoms with Gasteiger partial charge >= 0.3 is 0 Å². The highest BCUT2D eigenvalue weighted by atomic mass is 16.5. The third kappa shape index (κ3) is 2.81. The van der Waals surface area contributed by atoms with E-state index in [0.29, 0.717) is 5.56 Å². The summed E-state index contributed by atoms with van der Waals surface area (Å²) in [7, 11) is 1.61. The van der Waals surface area contributed by atoms with Crippen molar-refractivity contribution >= 4 is 5.78 Å². The number of carbonyl (C=O) groups excluding carboxylic acids is 1. The summed E-state index contributed by atoms with van der Waals surface area (Å²) in [6.07, 6.45) is 3.41. The number of methoxy groups -OCH3 is 1. The van der Waals surface area contributed by atoms with E-state index in [1.54, 1.807) is 25.6 Å². The fourth-order valence-corrected chi connectivity index (χ4v) is 2.03. The number of aromatic nitrogens is 1. The number of nitrogens with zero attached hydrogens (tertiary/aromatic N) is 1. The minimum Gasteiger partial charge on any atom is -0.496 e. The highest BCUT2D eigenvalue weighted by Gasteiger charge is 2.17. The summed E-state index contributed by atoms with van der Waals surface area (Å²) < 4.78 is 5.26. The van der Waals surface area contributed by atoms with E-state index in [2.05, 4.69) is 4.98 Å². The van der Waals surface area contributed by atoms with Gasteiger partial charge < -0.3 is 4.74 Å². The van der Waals surface area contributed by atoms with Crippen LogP contribution in [0, 0.1) is 6.92 Å². The zero-order chi connectivity index (χ0) is 13.8. The number of hydrogen-bond donors (Lipinski definition) is 0. The van der Waals surface area contributed by atoms with Gasteiger partial charge in [-0.3, -0.25) is 9.78 Å². The van der Waals surface area contributed by atoms with Gasteiger partial charge in [-0.1, -0.05) is 19.1 Å². The molecule has 0 aliphatic carbocycles. The Hall–Kier alpha value is -2.16. The van der Waals surface area contributed by atoms with Gasteiger partial charge in [-0.2, -0.15) is 0 Å². The number of ketones is 1.